The van der Waals surface area contributed by atoms with E-state index in [1.807, 2.05) is 23.9 Å². The van der Waals surface area contributed by atoms with Crippen molar-refractivity contribution in [1.29, 1.82) is 0 Å². The quantitative estimate of drug-likeness (QED) is 0.176. The van der Waals surface area contributed by atoms with Gasteiger partial charge in [-0.1, -0.05) is 66.7 Å². The van der Waals surface area contributed by atoms with E-state index in [9.17, 15) is 0 Å². The molecule has 4 nitrogen and oxygen atoms in total. The third kappa shape index (κ3) is 5.89. The molecule has 7 rings (SSSR count). The molecular formula is C37H28N4S2. The monoisotopic (exact) mass is 592 g/mol. The lowest BCUT2D eigenvalue weighted by Gasteiger charge is -2.28. The Bertz CT molecular complexity index is 1810. The minimum absolute atomic E-state index is 0.739. The van der Waals surface area contributed by atoms with Crippen LogP contribution >= 0.6 is 23.3 Å². The normalized spacial score (nSPS) is 12.5. The van der Waals surface area contributed by atoms with Crippen molar-refractivity contribution in [2.24, 2.45) is 0 Å². The maximum absolute atomic E-state index is 4.92. The van der Waals surface area contributed by atoms with E-state index >= 15 is 0 Å². The molecule has 0 amide bonds. The summed E-state index contributed by atoms with van der Waals surface area (Å²) in [6.45, 7) is 0. The number of allylic oxidation sites excluding steroid dienone is 2. The molecule has 0 spiro atoms. The Morgan fingerprint density at radius 3 is 1.53 bits per heavy atom. The maximum atomic E-state index is 4.92. The highest BCUT2D eigenvalue weighted by molar-refractivity contribution is 8.03. The molecule has 43 heavy (non-hydrogen) atoms. The van der Waals surface area contributed by atoms with Gasteiger partial charge in [-0.2, -0.15) is 4.37 Å². The molecule has 2 heterocycles. The van der Waals surface area contributed by atoms with Crippen LogP contribution in [0.1, 0.15) is 0 Å². The lowest BCUT2D eigenvalue weighted by molar-refractivity contribution is 1.25. The maximum Gasteiger partial charge on any atom is 0.173 e. The average Bonchev–Trinajstić information content (AvgIpc) is 3.58. The number of aromatic nitrogens is 2. The van der Waals surface area contributed by atoms with Gasteiger partial charge in [0.1, 0.15) is 5.01 Å². The van der Waals surface area contributed by atoms with Crippen LogP contribution in [0.3, 0.4) is 0 Å². The van der Waals surface area contributed by atoms with Crippen LogP contribution in [0, 0.1) is 0 Å². The highest BCUT2D eigenvalue weighted by Gasteiger charge is 2.17. The molecule has 0 saturated carbocycles. The molecule has 208 valence electrons. The molecule has 1 aliphatic heterocycles. The summed E-state index contributed by atoms with van der Waals surface area (Å²) in [5, 5.41) is 2.11. The topological polar surface area (TPSA) is 32.3 Å². The number of hydrogen-bond acceptors (Lipinski definition) is 6. The largest absolute Gasteiger partial charge is 0.311 e. The fraction of sp³-hybridized carbons (Fsp3) is 0.0270. The summed E-state index contributed by atoms with van der Waals surface area (Å²) >= 11 is 3.27. The van der Waals surface area contributed by atoms with Crippen LogP contribution in [0.2, 0.25) is 0 Å². The number of nitrogens with zero attached hydrogens (tertiary/aromatic N) is 4. The van der Waals surface area contributed by atoms with Crippen LogP contribution in [0.15, 0.2) is 163 Å². The first-order valence-electron chi connectivity index (χ1n) is 14.1. The summed E-state index contributed by atoms with van der Waals surface area (Å²) < 4.78 is 4.72. The Kier molecular flexibility index (Phi) is 7.86. The second-order valence-electron chi connectivity index (χ2n) is 9.94. The molecular weight excluding hydrogens is 565 g/mol. The number of rotatable bonds is 8. The first-order valence-corrected chi connectivity index (χ1v) is 15.9. The van der Waals surface area contributed by atoms with E-state index in [2.05, 4.69) is 155 Å². The average molecular weight is 593 g/mol. The van der Waals surface area contributed by atoms with Crippen LogP contribution in [0.25, 0.3) is 22.0 Å². The predicted octanol–water partition coefficient (Wildman–Crippen LogP) is 10.6. The van der Waals surface area contributed by atoms with Crippen molar-refractivity contribution in [3.05, 3.63) is 163 Å². The molecule has 0 unspecified atom stereocenters. The van der Waals surface area contributed by atoms with Gasteiger partial charge in [-0.15, -0.1) is 11.8 Å². The van der Waals surface area contributed by atoms with E-state index in [4.69, 9.17) is 9.36 Å². The molecule has 0 atom stereocenters. The van der Waals surface area contributed by atoms with E-state index in [0.29, 0.717) is 0 Å². The van der Waals surface area contributed by atoms with E-state index < -0.39 is 0 Å². The van der Waals surface area contributed by atoms with Gasteiger partial charge in [-0.05, 0) is 103 Å². The van der Waals surface area contributed by atoms with Crippen LogP contribution in [-0.4, -0.2) is 15.1 Å². The fourth-order valence-corrected chi connectivity index (χ4v) is 6.66. The Balaban J connectivity index is 1.14. The summed E-state index contributed by atoms with van der Waals surface area (Å²) in [5.41, 5.74) is 7.61. The van der Waals surface area contributed by atoms with Crippen molar-refractivity contribution < 1.29 is 0 Å². The zero-order chi connectivity index (χ0) is 28.8. The first-order chi connectivity index (χ1) is 21.3. The highest BCUT2D eigenvalue weighted by Crippen LogP contribution is 2.38. The van der Waals surface area contributed by atoms with Gasteiger partial charge in [0.2, 0.25) is 0 Å². The van der Waals surface area contributed by atoms with Crippen molar-refractivity contribution >= 4 is 51.7 Å². The lowest BCUT2D eigenvalue weighted by Crippen LogP contribution is -2.15. The van der Waals surface area contributed by atoms with Gasteiger partial charge >= 0.3 is 0 Å². The number of thioether (sulfide) groups is 1. The van der Waals surface area contributed by atoms with Crippen LogP contribution in [0.4, 0.5) is 28.4 Å². The minimum Gasteiger partial charge on any atom is -0.311 e. The molecule has 1 aliphatic rings. The predicted molar refractivity (Wildman–Crippen MR) is 184 cm³/mol. The van der Waals surface area contributed by atoms with Crippen LogP contribution < -0.4 is 9.80 Å². The Morgan fingerprint density at radius 1 is 0.512 bits per heavy atom. The van der Waals surface area contributed by atoms with Gasteiger partial charge in [0.15, 0.2) is 5.82 Å². The van der Waals surface area contributed by atoms with E-state index in [-0.39, 0.29) is 0 Å². The van der Waals surface area contributed by atoms with E-state index in [1.54, 1.807) is 0 Å². The first kappa shape index (κ1) is 27.0. The fourth-order valence-electron chi connectivity index (χ4n) is 5.08. The molecule has 6 aromatic rings. The summed E-state index contributed by atoms with van der Waals surface area (Å²) in [4.78, 5) is 9.48. The molecule has 6 heteroatoms. The van der Waals surface area contributed by atoms with Crippen molar-refractivity contribution in [3.8, 4) is 22.0 Å². The third-order valence-electron chi connectivity index (χ3n) is 7.15. The highest BCUT2D eigenvalue weighted by atomic mass is 32.2. The second-order valence-corrected chi connectivity index (χ2v) is 11.7. The van der Waals surface area contributed by atoms with Crippen molar-refractivity contribution in [2.75, 3.05) is 15.6 Å². The van der Waals surface area contributed by atoms with E-state index in [1.165, 1.54) is 16.6 Å². The van der Waals surface area contributed by atoms with Crippen LogP contribution in [-0.2, 0) is 0 Å². The number of benzene rings is 5. The Morgan fingerprint density at radius 2 is 1.00 bits per heavy atom. The standard InChI is InChI=1S/C37H28N4S2/c1-4-12-30(13-5-1)40(31-14-6-2-7-15-31)33-23-19-28(20-24-33)36-38-37(43-39-36)29-21-25-34(26-22-29)41(32-16-8-3-9-17-32)35-18-10-11-27-42-35/h1-26H,27H2. The summed E-state index contributed by atoms with van der Waals surface area (Å²) in [7, 11) is 0. The van der Waals surface area contributed by atoms with Gasteiger partial charge in [-0.25, -0.2) is 4.98 Å². The Labute approximate surface area is 260 Å². The lowest BCUT2D eigenvalue weighted by atomic mass is 10.1. The SMILES string of the molecule is C1=CCSC(N(c2ccccc2)c2ccc(-c3nc(-c4ccc(N(c5ccccc5)c5ccccc5)cc4)ns3)cc2)=C1. The Hall–Kier alpha value is -4.91. The molecule has 0 N–H and O–H groups in total. The van der Waals surface area contributed by atoms with Crippen LogP contribution in [0.5, 0.6) is 0 Å². The third-order valence-corrected chi connectivity index (χ3v) is 8.89. The summed E-state index contributed by atoms with van der Waals surface area (Å²) in [6, 6.07) is 48.4. The van der Waals surface area contributed by atoms with Crippen molar-refractivity contribution in [1.82, 2.24) is 9.36 Å². The molecule has 0 radical (unpaired) electrons. The van der Waals surface area contributed by atoms with Gasteiger partial charge < -0.3 is 9.80 Å². The number of anilines is 5. The smallest absolute Gasteiger partial charge is 0.173 e. The van der Waals surface area contributed by atoms with Gasteiger partial charge in [-0.3, -0.25) is 0 Å². The molecule has 1 aromatic heterocycles. The van der Waals surface area contributed by atoms with Crippen molar-refractivity contribution in [2.45, 2.75) is 0 Å². The molecule has 0 bridgehead atoms. The molecule has 0 fully saturated rings. The van der Waals surface area contributed by atoms with Gasteiger partial charge in [0.25, 0.3) is 0 Å². The zero-order valence-corrected chi connectivity index (χ0v) is 25.0. The van der Waals surface area contributed by atoms with Gasteiger partial charge in [0, 0.05) is 45.3 Å². The minimum atomic E-state index is 0.739. The van der Waals surface area contributed by atoms with Crippen molar-refractivity contribution in [3.63, 3.8) is 0 Å². The summed E-state index contributed by atoms with van der Waals surface area (Å²) in [5.74, 6) is 1.71. The molecule has 0 aliphatic carbocycles. The zero-order valence-electron chi connectivity index (χ0n) is 23.3. The number of para-hydroxylation sites is 3. The van der Waals surface area contributed by atoms with Gasteiger partial charge in [0.05, 0.1) is 5.03 Å². The molecule has 5 aromatic carbocycles. The second kappa shape index (κ2) is 12.5. The number of hydrogen-bond donors (Lipinski definition) is 0. The summed E-state index contributed by atoms with van der Waals surface area (Å²) in [6.07, 6.45) is 6.49. The van der Waals surface area contributed by atoms with E-state index in [0.717, 1.165) is 56.1 Å². The molecule has 0 saturated heterocycles.